The Morgan fingerprint density at radius 2 is 2.00 bits per heavy atom. The van der Waals surface area contributed by atoms with Gasteiger partial charge in [0, 0.05) is 11.6 Å². The van der Waals surface area contributed by atoms with Crippen LogP contribution in [0.5, 0.6) is 5.88 Å². The highest BCUT2D eigenvalue weighted by Gasteiger charge is 2.11. The molecule has 1 aromatic carbocycles. The second-order valence-electron chi connectivity index (χ2n) is 3.99. The first-order valence-corrected chi connectivity index (χ1v) is 6.08. The molecule has 2 rings (SSSR count). The second kappa shape index (κ2) is 5.95. The highest BCUT2D eigenvalue weighted by Crippen LogP contribution is 2.18. The molecule has 2 aromatic rings. The molecule has 98 valence electrons. The molecule has 1 aromatic heterocycles. The number of benzene rings is 1. The Bertz CT molecular complexity index is 570. The molecular formula is C14H15N3O2. The number of amides is 1. The molecule has 5 nitrogen and oxygen atoms in total. The third-order valence-electron chi connectivity index (χ3n) is 2.44. The smallest absolute Gasteiger partial charge is 0.267 e. The van der Waals surface area contributed by atoms with Crippen LogP contribution in [-0.4, -0.2) is 22.5 Å². The molecule has 0 unspecified atom stereocenters. The van der Waals surface area contributed by atoms with Gasteiger partial charge in [0.1, 0.15) is 5.69 Å². The first-order chi connectivity index (χ1) is 9.20. The van der Waals surface area contributed by atoms with Crippen LogP contribution < -0.4 is 10.5 Å². The number of nitrogens with two attached hydrogens (primary N) is 1. The molecule has 0 atom stereocenters. The van der Waals surface area contributed by atoms with Gasteiger partial charge in [0.2, 0.25) is 5.88 Å². The third kappa shape index (κ3) is 3.28. The van der Waals surface area contributed by atoms with Gasteiger partial charge in [-0.3, -0.25) is 4.79 Å². The Hall–Kier alpha value is -2.43. The Morgan fingerprint density at radius 1 is 1.26 bits per heavy atom. The van der Waals surface area contributed by atoms with E-state index in [1.807, 2.05) is 37.3 Å². The molecule has 0 radical (unpaired) electrons. The Labute approximate surface area is 111 Å². The number of ether oxygens (including phenoxy) is 1. The molecule has 1 heterocycles. The van der Waals surface area contributed by atoms with Crippen molar-refractivity contribution in [3.63, 3.8) is 0 Å². The minimum atomic E-state index is -0.596. The van der Waals surface area contributed by atoms with E-state index in [-0.39, 0.29) is 5.69 Å². The fourth-order valence-electron chi connectivity index (χ4n) is 1.55. The minimum Gasteiger partial charge on any atom is -0.478 e. The summed E-state index contributed by atoms with van der Waals surface area (Å²) in [5, 5.41) is 0. The van der Waals surface area contributed by atoms with E-state index in [2.05, 4.69) is 9.97 Å². The number of hydrogen-bond acceptors (Lipinski definition) is 4. The SMILES string of the molecule is CCCOc1cc(C(N)=O)nc(-c2ccccc2)n1. The molecule has 0 saturated heterocycles. The van der Waals surface area contributed by atoms with Crippen LogP contribution in [0.3, 0.4) is 0 Å². The molecule has 5 heteroatoms. The molecule has 0 saturated carbocycles. The number of carbonyl (C=O) groups is 1. The van der Waals surface area contributed by atoms with Gasteiger partial charge in [-0.1, -0.05) is 37.3 Å². The van der Waals surface area contributed by atoms with Gasteiger partial charge in [-0.05, 0) is 6.42 Å². The van der Waals surface area contributed by atoms with E-state index in [0.29, 0.717) is 18.3 Å². The van der Waals surface area contributed by atoms with Crippen LogP contribution in [-0.2, 0) is 0 Å². The maximum atomic E-state index is 11.3. The zero-order chi connectivity index (χ0) is 13.7. The lowest BCUT2D eigenvalue weighted by Crippen LogP contribution is -2.14. The largest absolute Gasteiger partial charge is 0.478 e. The van der Waals surface area contributed by atoms with Crippen molar-refractivity contribution in [1.29, 1.82) is 0 Å². The summed E-state index contributed by atoms with van der Waals surface area (Å²) in [6, 6.07) is 10.8. The minimum absolute atomic E-state index is 0.153. The summed E-state index contributed by atoms with van der Waals surface area (Å²) in [6.07, 6.45) is 0.858. The van der Waals surface area contributed by atoms with Gasteiger partial charge in [-0.2, -0.15) is 4.98 Å². The maximum Gasteiger partial charge on any atom is 0.267 e. The van der Waals surface area contributed by atoms with Gasteiger partial charge in [0.15, 0.2) is 5.82 Å². The molecule has 0 aliphatic rings. The molecular weight excluding hydrogens is 242 g/mol. The highest BCUT2D eigenvalue weighted by atomic mass is 16.5. The van der Waals surface area contributed by atoms with E-state index in [9.17, 15) is 4.79 Å². The number of nitrogens with zero attached hydrogens (tertiary/aromatic N) is 2. The summed E-state index contributed by atoms with van der Waals surface area (Å²) in [7, 11) is 0. The van der Waals surface area contributed by atoms with Gasteiger partial charge in [-0.25, -0.2) is 4.98 Å². The lowest BCUT2D eigenvalue weighted by molar-refractivity contribution is 0.0995. The number of primary amides is 1. The Morgan fingerprint density at radius 3 is 2.63 bits per heavy atom. The topological polar surface area (TPSA) is 78.1 Å². The lowest BCUT2D eigenvalue weighted by atomic mass is 10.2. The second-order valence-corrected chi connectivity index (χ2v) is 3.99. The van der Waals surface area contributed by atoms with E-state index in [1.165, 1.54) is 6.07 Å². The van der Waals surface area contributed by atoms with Crippen LogP contribution in [0.15, 0.2) is 36.4 Å². The lowest BCUT2D eigenvalue weighted by Gasteiger charge is -2.07. The first-order valence-electron chi connectivity index (χ1n) is 6.08. The molecule has 2 N–H and O–H groups in total. The van der Waals surface area contributed by atoms with Crippen LogP contribution in [0, 0.1) is 0 Å². The number of rotatable bonds is 5. The van der Waals surface area contributed by atoms with Crippen molar-refractivity contribution in [2.45, 2.75) is 13.3 Å². The predicted molar refractivity (Wildman–Crippen MR) is 71.8 cm³/mol. The first kappa shape index (κ1) is 13.0. The number of hydrogen-bond donors (Lipinski definition) is 1. The number of aromatic nitrogens is 2. The van der Waals surface area contributed by atoms with E-state index >= 15 is 0 Å². The quantitative estimate of drug-likeness (QED) is 0.889. The fourth-order valence-corrected chi connectivity index (χ4v) is 1.55. The van der Waals surface area contributed by atoms with Crippen molar-refractivity contribution < 1.29 is 9.53 Å². The fraction of sp³-hybridized carbons (Fsp3) is 0.214. The maximum absolute atomic E-state index is 11.3. The van der Waals surface area contributed by atoms with Crippen molar-refractivity contribution in [3.05, 3.63) is 42.1 Å². The molecule has 0 bridgehead atoms. The van der Waals surface area contributed by atoms with Crippen molar-refractivity contribution >= 4 is 5.91 Å². The van der Waals surface area contributed by atoms with Gasteiger partial charge in [-0.15, -0.1) is 0 Å². The summed E-state index contributed by atoms with van der Waals surface area (Å²) in [5.74, 6) is 0.202. The van der Waals surface area contributed by atoms with E-state index in [1.54, 1.807) is 0 Å². The van der Waals surface area contributed by atoms with Gasteiger partial charge >= 0.3 is 0 Å². The summed E-state index contributed by atoms with van der Waals surface area (Å²) >= 11 is 0. The van der Waals surface area contributed by atoms with E-state index in [4.69, 9.17) is 10.5 Å². The average molecular weight is 257 g/mol. The van der Waals surface area contributed by atoms with E-state index in [0.717, 1.165) is 12.0 Å². The zero-order valence-electron chi connectivity index (χ0n) is 10.7. The zero-order valence-corrected chi connectivity index (χ0v) is 10.7. The van der Waals surface area contributed by atoms with Crippen LogP contribution >= 0.6 is 0 Å². The predicted octanol–water partition coefficient (Wildman–Crippen LogP) is 2.03. The van der Waals surface area contributed by atoms with Crippen molar-refractivity contribution in [2.24, 2.45) is 5.73 Å². The molecule has 0 spiro atoms. The van der Waals surface area contributed by atoms with E-state index < -0.39 is 5.91 Å². The molecule has 19 heavy (non-hydrogen) atoms. The van der Waals surface area contributed by atoms with Crippen molar-refractivity contribution in [2.75, 3.05) is 6.61 Å². The number of carbonyl (C=O) groups excluding carboxylic acids is 1. The molecule has 1 amide bonds. The molecule has 0 aliphatic carbocycles. The van der Waals surface area contributed by atoms with Crippen LogP contribution in [0.1, 0.15) is 23.8 Å². The summed E-state index contributed by atoms with van der Waals surface area (Å²) in [4.78, 5) is 19.7. The van der Waals surface area contributed by atoms with Crippen molar-refractivity contribution in [3.8, 4) is 17.3 Å². The summed E-state index contributed by atoms with van der Waals surface area (Å²) in [6.45, 7) is 2.53. The van der Waals surface area contributed by atoms with Gasteiger partial charge < -0.3 is 10.5 Å². The average Bonchev–Trinajstić information content (AvgIpc) is 2.45. The van der Waals surface area contributed by atoms with Gasteiger partial charge in [0.05, 0.1) is 6.61 Å². The summed E-state index contributed by atoms with van der Waals surface area (Å²) in [5.41, 5.74) is 6.24. The normalized spacial score (nSPS) is 10.2. The van der Waals surface area contributed by atoms with Gasteiger partial charge in [0.25, 0.3) is 5.91 Å². The molecule has 0 fully saturated rings. The van der Waals surface area contributed by atoms with Crippen LogP contribution in [0.2, 0.25) is 0 Å². The monoisotopic (exact) mass is 257 g/mol. The standard InChI is InChI=1S/C14H15N3O2/c1-2-8-19-12-9-11(13(15)18)16-14(17-12)10-6-4-3-5-7-10/h3-7,9H,2,8H2,1H3,(H2,15,18). The third-order valence-corrected chi connectivity index (χ3v) is 2.44. The summed E-state index contributed by atoms with van der Waals surface area (Å²) < 4.78 is 5.45. The Balaban J connectivity index is 2.42. The molecule has 0 aliphatic heterocycles. The Kier molecular flexibility index (Phi) is 4.07. The van der Waals surface area contributed by atoms with Crippen molar-refractivity contribution in [1.82, 2.24) is 9.97 Å². The highest BCUT2D eigenvalue weighted by molar-refractivity contribution is 5.91. The van der Waals surface area contributed by atoms with Crippen LogP contribution in [0.25, 0.3) is 11.4 Å². The van der Waals surface area contributed by atoms with Crippen LogP contribution in [0.4, 0.5) is 0 Å².